The molecule has 7 heteroatoms. The molecule has 0 aromatic heterocycles. The fraction of sp³-hybridized carbons (Fsp3) is 0.500. The van der Waals surface area contributed by atoms with Crippen LogP contribution in [-0.2, 0) is 30.5 Å². The Labute approximate surface area is 103 Å². The van der Waals surface area contributed by atoms with E-state index in [0.29, 0.717) is 13.0 Å². The van der Waals surface area contributed by atoms with E-state index in [9.17, 15) is 8.42 Å². The van der Waals surface area contributed by atoms with Crippen LogP contribution >= 0.6 is 0 Å². The first kappa shape index (κ1) is 14.8. The normalized spacial score (nSPS) is 20.1. The van der Waals surface area contributed by atoms with E-state index < -0.39 is 10.1 Å². The summed E-state index contributed by atoms with van der Waals surface area (Å²) in [6.45, 7) is 0.516. The average Bonchev–Trinajstić information content (AvgIpc) is 2.06. The van der Waals surface area contributed by atoms with Gasteiger partial charge in [0.25, 0.3) is 10.1 Å². The van der Waals surface area contributed by atoms with Crippen molar-refractivity contribution in [2.75, 3.05) is 12.3 Å². The molecule has 90 valence electrons. The van der Waals surface area contributed by atoms with Gasteiger partial charge in [0.2, 0.25) is 0 Å². The van der Waals surface area contributed by atoms with E-state index in [-0.39, 0.29) is 32.3 Å². The Bertz CT molecular complexity index is 340. The first-order chi connectivity index (χ1) is 6.49. The summed E-state index contributed by atoms with van der Waals surface area (Å²) in [6.07, 6.45) is 7.44. The number of nitrogens with zero attached hydrogens (tertiary/aromatic N) is 1. The zero-order valence-electron chi connectivity index (χ0n) is 8.02. The van der Waals surface area contributed by atoms with E-state index in [4.69, 9.17) is 10.3 Å². The van der Waals surface area contributed by atoms with E-state index in [1.165, 1.54) is 0 Å². The van der Waals surface area contributed by atoms with Gasteiger partial charge in [0.1, 0.15) is 0 Å². The summed E-state index contributed by atoms with van der Waals surface area (Å²) < 4.78 is 29.4. The van der Waals surface area contributed by atoms with Gasteiger partial charge in [-0.3, -0.25) is 4.55 Å². The molecule has 0 saturated carbocycles. The molecule has 3 N–H and O–H groups in total. The van der Waals surface area contributed by atoms with Crippen molar-refractivity contribution in [3.05, 3.63) is 24.4 Å². The van der Waals surface area contributed by atoms with E-state index in [2.05, 4.69) is 0 Å². The first-order valence-electron chi connectivity index (χ1n) is 4.30. The molecular weight excluding hydrogens is 311 g/mol. The van der Waals surface area contributed by atoms with Gasteiger partial charge in [-0.1, -0.05) is 6.08 Å². The molecule has 0 aliphatic carbocycles. The molecule has 1 aliphatic rings. The van der Waals surface area contributed by atoms with Crippen molar-refractivity contribution in [2.45, 2.75) is 12.6 Å². The van der Waals surface area contributed by atoms with E-state index in [0.717, 1.165) is 0 Å². The van der Waals surface area contributed by atoms with Crippen molar-refractivity contribution in [2.24, 2.45) is 5.73 Å². The first-order valence-corrected chi connectivity index (χ1v) is 5.91. The molecule has 0 bridgehead atoms. The maximum atomic E-state index is 10.4. The van der Waals surface area contributed by atoms with Crippen LogP contribution in [0.3, 0.4) is 0 Å². The standard InChI is InChI=1S/C8H14N2O3S.Pd/c9-8-4-1-2-5-10(8)6-3-7-14(11,12)13;/h1-2,4-5,8H,3,6-7,9H2,(H,11,12,13);. The third-order valence-electron chi connectivity index (χ3n) is 1.90. The van der Waals surface area contributed by atoms with Crippen molar-refractivity contribution in [3.63, 3.8) is 0 Å². The van der Waals surface area contributed by atoms with Gasteiger partial charge in [0.05, 0.1) is 11.9 Å². The van der Waals surface area contributed by atoms with Crippen molar-refractivity contribution in [1.29, 1.82) is 0 Å². The average molecular weight is 325 g/mol. The van der Waals surface area contributed by atoms with Crippen LogP contribution in [0.1, 0.15) is 6.42 Å². The molecule has 0 fully saturated rings. The van der Waals surface area contributed by atoms with Crippen LogP contribution in [0.2, 0.25) is 0 Å². The minimum absolute atomic E-state index is 0. The van der Waals surface area contributed by atoms with Crippen molar-refractivity contribution in [3.8, 4) is 0 Å². The number of hydrogen-bond donors (Lipinski definition) is 2. The van der Waals surface area contributed by atoms with E-state index in [1.807, 2.05) is 23.1 Å². The Morgan fingerprint density at radius 1 is 1.40 bits per heavy atom. The third-order valence-corrected chi connectivity index (χ3v) is 2.70. The maximum absolute atomic E-state index is 10.4. The summed E-state index contributed by atoms with van der Waals surface area (Å²) in [5, 5.41) is 0. The molecule has 1 aliphatic heterocycles. The fourth-order valence-corrected chi connectivity index (χ4v) is 1.70. The van der Waals surface area contributed by atoms with Crippen molar-refractivity contribution >= 4 is 10.1 Å². The predicted molar refractivity (Wildman–Crippen MR) is 54.0 cm³/mol. The summed E-state index contributed by atoms with van der Waals surface area (Å²) in [5.41, 5.74) is 5.70. The van der Waals surface area contributed by atoms with Crippen molar-refractivity contribution < 1.29 is 33.4 Å². The van der Waals surface area contributed by atoms with Crippen LogP contribution in [0.15, 0.2) is 24.4 Å². The zero-order valence-corrected chi connectivity index (χ0v) is 10.4. The number of allylic oxidation sites excluding steroid dienone is 2. The monoisotopic (exact) mass is 324 g/mol. The van der Waals surface area contributed by atoms with Crippen LogP contribution < -0.4 is 5.73 Å². The van der Waals surface area contributed by atoms with Gasteiger partial charge in [-0.15, -0.1) is 0 Å². The minimum atomic E-state index is -3.85. The molecule has 15 heavy (non-hydrogen) atoms. The summed E-state index contributed by atoms with van der Waals surface area (Å²) in [4.78, 5) is 1.81. The molecule has 0 saturated heterocycles. The van der Waals surface area contributed by atoms with E-state index >= 15 is 0 Å². The number of rotatable bonds is 4. The Hall–Kier alpha value is -0.188. The van der Waals surface area contributed by atoms with Gasteiger partial charge in [-0.05, 0) is 18.6 Å². The quantitative estimate of drug-likeness (QED) is 0.559. The molecule has 0 radical (unpaired) electrons. The second-order valence-electron chi connectivity index (χ2n) is 3.09. The van der Waals surface area contributed by atoms with Gasteiger partial charge in [0.15, 0.2) is 0 Å². The predicted octanol–water partition coefficient (Wildman–Crippen LogP) is -0.0679. The zero-order chi connectivity index (χ0) is 10.6. The Balaban J connectivity index is 0.00000196. The number of hydrogen-bond acceptors (Lipinski definition) is 4. The van der Waals surface area contributed by atoms with Gasteiger partial charge >= 0.3 is 0 Å². The van der Waals surface area contributed by atoms with E-state index in [1.54, 1.807) is 6.20 Å². The van der Waals surface area contributed by atoms with Crippen LogP contribution in [0.25, 0.3) is 0 Å². The molecule has 0 spiro atoms. The SMILES string of the molecule is NC1C=CC=CN1CCCS(=O)(=O)O.[Pd]. The van der Waals surface area contributed by atoms with Gasteiger partial charge in [0, 0.05) is 33.2 Å². The molecule has 0 aromatic rings. The molecule has 0 amide bonds. The molecule has 1 heterocycles. The second kappa shape index (κ2) is 6.41. The maximum Gasteiger partial charge on any atom is 0.264 e. The smallest absolute Gasteiger partial charge is 0.264 e. The van der Waals surface area contributed by atoms with Crippen LogP contribution in [0.4, 0.5) is 0 Å². The van der Waals surface area contributed by atoms with Gasteiger partial charge < -0.3 is 10.6 Å². The van der Waals surface area contributed by atoms with Gasteiger partial charge in [-0.25, -0.2) is 0 Å². The van der Waals surface area contributed by atoms with Gasteiger partial charge in [-0.2, -0.15) is 8.42 Å². The Morgan fingerprint density at radius 3 is 2.60 bits per heavy atom. The molecule has 1 rings (SSSR count). The van der Waals surface area contributed by atoms with Crippen molar-refractivity contribution in [1.82, 2.24) is 4.90 Å². The Kier molecular flexibility index (Phi) is 6.33. The minimum Gasteiger partial charge on any atom is -0.359 e. The molecule has 1 atom stereocenters. The van der Waals surface area contributed by atoms with Crippen LogP contribution in [0, 0.1) is 0 Å². The molecule has 1 unspecified atom stereocenters. The second-order valence-corrected chi connectivity index (χ2v) is 4.67. The molecule has 0 aromatic carbocycles. The largest absolute Gasteiger partial charge is 0.359 e. The summed E-state index contributed by atoms with van der Waals surface area (Å²) in [6, 6.07) is 0. The summed E-state index contributed by atoms with van der Waals surface area (Å²) in [5.74, 6) is -0.228. The summed E-state index contributed by atoms with van der Waals surface area (Å²) >= 11 is 0. The van der Waals surface area contributed by atoms with Crippen LogP contribution in [-0.4, -0.2) is 36.3 Å². The summed E-state index contributed by atoms with van der Waals surface area (Å²) in [7, 11) is -3.85. The number of nitrogens with two attached hydrogens (primary N) is 1. The molecular formula is C8H14N2O3PdS. The van der Waals surface area contributed by atoms with Crippen LogP contribution in [0.5, 0.6) is 0 Å². The Morgan fingerprint density at radius 2 is 2.07 bits per heavy atom. The molecule has 5 nitrogen and oxygen atoms in total. The topological polar surface area (TPSA) is 83.6 Å². The third kappa shape index (κ3) is 6.07. The fourth-order valence-electron chi connectivity index (χ4n) is 1.20.